The minimum Gasteiger partial charge on any atom is -0.394 e. The highest BCUT2D eigenvalue weighted by Gasteiger charge is 2.22. The number of aliphatic imine (C=N–C) groups is 1. The molecule has 0 amide bonds. The van der Waals surface area contributed by atoms with Crippen molar-refractivity contribution in [2.24, 2.45) is 4.99 Å². The quantitative estimate of drug-likeness (QED) is 0.136. The summed E-state index contributed by atoms with van der Waals surface area (Å²) in [6.07, 6.45) is 16.1. The zero-order valence-electron chi connectivity index (χ0n) is 20.4. The van der Waals surface area contributed by atoms with E-state index in [4.69, 9.17) is 0 Å². The lowest BCUT2D eigenvalue weighted by Gasteiger charge is -2.26. The number of hydrogen-bond acceptors (Lipinski definition) is 7. The molecule has 1 aliphatic rings. The summed E-state index contributed by atoms with van der Waals surface area (Å²) in [5, 5.41) is 8.10. The Kier molecular flexibility index (Phi) is 11.1. The molecular formula is C27H36N6O. The van der Waals surface area contributed by atoms with Crippen LogP contribution in [0, 0.1) is 0 Å². The van der Waals surface area contributed by atoms with Crippen LogP contribution in [0.4, 0.5) is 5.69 Å². The Morgan fingerprint density at radius 3 is 2.59 bits per heavy atom. The molecule has 34 heavy (non-hydrogen) atoms. The molecule has 1 heterocycles. The van der Waals surface area contributed by atoms with Crippen molar-refractivity contribution in [2.75, 3.05) is 32.6 Å². The molecule has 0 aromatic heterocycles. The van der Waals surface area contributed by atoms with Crippen molar-refractivity contribution in [3.8, 4) is 0 Å². The predicted molar refractivity (Wildman–Crippen MR) is 144 cm³/mol. The van der Waals surface area contributed by atoms with Crippen LogP contribution in [0.2, 0.25) is 0 Å². The van der Waals surface area contributed by atoms with Gasteiger partial charge in [-0.2, -0.15) is 0 Å². The molecular weight excluding hydrogens is 424 g/mol. The van der Waals surface area contributed by atoms with Crippen LogP contribution < -0.4 is 16.1 Å². The molecule has 1 saturated heterocycles. The largest absolute Gasteiger partial charge is 0.394 e. The normalized spacial score (nSPS) is 17.0. The van der Waals surface area contributed by atoms with Crippen molar-refractivity contribution in [1.82, 2.24) is 20.5 Å². The molecule has 1 aromatic carbocycles. The fourth-order valence-electron chi connectivity index (χ4n) is 3.57. The lowest BCUT2D eigenvalue weighted by molar-refractivity contribution is -0.104. The molecule has 0 aliphatic carbocycles. The first kappa shape index (κ1) is 26.4. The fourth-order valence-corrected chi connectivity index (χ4v) is 3.57. The Morgan fingerprint density at radius 2 is 2.00 bits per heavy atom. The van der Waals surface area contributed by atoms with E-state index in [0.29, 0.717) is 11.6 Å². The van der Waals surface area contributed by atoms with Gasteiger partial charge < -0.3 is 15.5 Å². The van der Waals surface area contributed by atoms with E-state index in [1.54, 1.807) is 30.7 Å². The highest BCUT2D eigenvalue weighted by Crippen LogP contribution is 2.25. The maximum atomic E-state index is 11.3. The van der Waals surface area contributed by atoms with E-state index in [0.717, 1.165) is 48.4 Å². The van der Waals surface area contributed by atoms with Gasteiger partial charge in [0.05, 0.1) is 11.4 Å². The van der Waals surface area contributed by atoms with Gasteiger partial charge in [0.15, 0.2) is 0 Å². The van der Waals surface area contributed by atoms with Crippen molar-refractivity contribution in [3.63, 3.8) is 0 Å². The Bertz CT molecular complexity index is 971. The van der Waals surface area contributed by atoms with Gasteiger partial charge >= 0.3 is 0 Å². The van der Waals surface area contributed by atoms with Gasteiger partial charge in [0.25, 0.3) is 0 Å². The summed E-state index contributed by atoms with van der Waals surface area (Å²) < 4.78 is 0. The van der Waals surface area contributed by atoms with Crippen LogP contribution in [-0.2, 0) is 4.79 Å². The third kappa shape index (κ3) is 7.64. The van der Waals surface area contributed by atoms with Crippen molar-refractivity contribution in [2.45, 2.75) is 19.4 Å². The second-order valence-corrected chi connectivity index (χ2v) is 7.66. The highest BCUT2D eigenvalue weighted by molar-refractivity contribution is 5.70. The van der Waals surface area contributed by atoms with E-state index in [1.807, 2.05) is 50.4 Å². The van der Waals surface area contributed by atoms with E-state index >= 15 is 0 Å². The highest BCUT2D eigenvalue weighted by atomic mass is 16.1. The van der Waals surface area contributed by atoms with E-state index in [2.05, 4.69) is 51.4 Å². The molecule has 2 rings (SSSR count). The first-order chi connectivity index (χ1) is 16.6. The van der Waals surface area contributed by atoms with E-state index in [-0.39, 0.29) is 0 Å². The van der Waals surface area contributed by atoms with Crippen LogP contribution in [0.3, 0.4) is 0 Å². The number of allylic oxidation sites excluding steroid dienone is 5. The van der Waals surface area contributed by atoms with Crippen molar-refractivity contribution in [3.05, 3.63) is 96.7 Å². The summed E-state index contributed by atoms with van der Waals surface area (Å²) in [5.74, 6) is 0. The number of nitrogens with zero attached hydrogens (tertiary/aromatic N) is 3. The van der Waals surface area contributed by atoms with E-state index < -0.39 is 0 Å². The van der Waals surface area contributed by atoms with Gasteiger partial charge in [-0.1, -0.05) is 30.9 Å². The van der Waals surface area contributed by atoms with Crippen LogP contribution >= 0.6 is 0 Å². The number of rotatable bonds is 13. The minimum atomic E-state index is 0.504. The average molecular weight is 461 g/mol. The third-order valence-corrected chi connectivity index (χ3v) is 5.45. The summed E-state index contributed by atoms with van der Waals surface area (Å²) in [6.45, 7) is 11.7. The standard InChI is InChI=1S/C27H36N6O/c1-6-7-8-27(24(15-20-34)13-16-28-3)33(19-17-29-4)31-25-11-9-23(10-12-25)22(2)32-18-14-26(21-32)30-5/h6-13,15-17,19-20,26,28,30-31H,2,4,14,18,21H2,1,3,5H3/b7-6-,16-13-,19-17-,24-15+,27-8-. The Hall–Kier alpha value is -3.84. The number of nitrogens with one attached hydrogen (secondary N) is 3. The number of likely N-dealkylation sites (tertiary alicyclic amines) is 1. The molecule has 0 spiro atoms. The van der Waals surface area contributed by atoms with Crippen LogP contribution in [0.1, 0.15) is 18.9 Å². The van der Waals surface area contributed by atoms with Gasteiger partial charge in [-0.25, -0.2) is 0 Å². The van der Waals surface area contributed by atoms with Crippen LogP contribution in [-0.4, -0.2) is 56.1 Å². The third-order valence-electron chi connectivity index (χ3n) is 5.45. The Labute approximate surface area is 203 Å². The first-order valence-corrected chi connectivity index (χ1v) is 11.3. The van der Waals surface area contributed by atoms with Crippen LogP contribution in [0.15, 0.2) is 96.1 Å². The maximum Gasteiger partial charge on any atom is 0.143 e. The van der Waals surface area contributed by atoms with Gasteiger partial charge in [-0.3, -0.25) is 20.2 Å². The Morgan fingerprint density at radius 1 is 1.24 bits per heavy atom. The first-order valence-electron chi connectivity index (χ1n) is 11.3. The lowest BCUT2D eigenvalue weighted by atomic mass is 10.1. The molecule has 180 valence electrons. The van der Waals surface area contributed by atoms with Gasteiger partial charge in [0.2, 0.25) is 0 Å². The summed E-state index contributed by atoms with van der Waals surface area (Å²) in [7, 11) is 3.81. The molecule has 0 saturated carbocycles. The smallest absolute Gasteiger partial charge is 0.143 e. The molecule has 0 radical (unpaired) electrons. The molecule has 0 bridgehead atoms. The molecule has 1 unspecified atom stereocenters. The molecule has 1 fully saturated rings. The van der Waals surface area contributed by atoms with E-state index in [9.17, 15) is 4.79 Å². The molecule has 7 heteroatoms. The summed E-state index contributed by atoms with van der Waals surface area (Å²) >= 11 is 0. The van der Waals surface area contributed by atoms with Crippen LogP contribution in [0.5, 0.6) is 0 Å². The monoisotopic (exact) mass is 460 g/mol. The molecule has 1 aliphatic heterocycles. The maximum absolute atomic E-state index is 11.3. The summed E-state index contributed by atoms with van der Waals surface area (Å²) in [6, 6.07) is 8.64. The summed E-state index contributed by atoms with van der Waals surface area (Å²) in [4.78, 5) is 17.5. The zero-order valence-corrected chi connectivity index (χ0v) is 20.4. The van der Waals surface area contributed by atoms with Crippen molar-refractivity contribution in [1.29, 1.82) is 0 Å². The average Bonchev–Trinajstić information content (AvgIpc) is 3.35. The van der Waals surface area contributed by atoms with Gasteiger partial charge in [0, 0.05) is 49.8 Å². The van der Waals surface area contributed by atoms with Gasteiger partial charge in [-0.05, 0) is 69.2 Å². The molecule has 7 nitrogen and oxygen atoms in total. The topological polar surface area (TPSA) is 72.0 Å². The molecule has 1 atom stereocenters. The van der Waals surface area contributed by atoms with Gasteiger partial charge in [-0.15, -0.1) is 0 Å². The number of aldehydes is 1. The second kappa shape index (κ2) is 14.3. The number of hydrogen-bond donors (Lipinski definition) is 3. The SMILES string of the molecule is C=N/C=C\N(Nc1ccc(C(=C)N2CCC(NC)C2)cc1)C(=C\C=C/C)/C(/C=C\NC)=C/C=O. The zero-order chi connectivity index (χ0) is 24.8. The number of carbonyl (C=O) groups excluding carboxylic acids is 1. The van der Waals surface area contributed by atoms with E-state index in [1.165, 1.54) is 6.08 Å². The summed E-state index contributed by atoms with van der Waals surface area (Å²) in [5.41, 5.74) is 7.82. The molecule has 1 aromatic rings. The minimum absolute atomic E-state index is 0.504. The molecule has 3 N–H and O–H groups in total. The predicted octanol–water partition coefficient (Wildman–Crippen LogP) is 4.07. The number of carbonyl (C=O) groups is 1. The van der Waals surface area contributed by atoms with Crippen LogP contribution in [0.25, 0.3) is 5.70 Å². The second-order valence-electron chi connectivity index (χ2n) is 7.66. The Balaban J connectivity index is 2.30. The van der Waals surface area contributed by atoms with Crippen molar-refractivity contribution >= 4 is 24.4 Å². The lowest BCUT2D eigenvalue weighted by Crippen LogP contribution is -2.28. The number of benzene rings is 1. The number of anilines is 1. The number of hydrazine groups is 1. The fraction of sp³-hybridized carbons (Fsp3) is 0.259. The number of likely N-dealkylation sites (N-methyl/N-ethyl adjacent to an activating group) is 1. The van der Waals surface area contributed by atoms with Gasteiger partial charge in [0.1, 0.15) is 6.29 Å². The van der Waals surface area contributed by atoms with Crippen molar-refractivity contribution < 1.29 is 4.79 Å².